The van der Waals surface area contributed by atoms with Crippen molar-refractivity contribution in [1.29, 1.82) is 0 Å². The van der Waals surface area contributed by atoms with Crippen LogP contribution in [-0.2, 0) is 19.1 Å². The van der Waals surface area contributed by atoms with E-state index >= 15 is 0 Å². The summed E-state index contributed by atoms with van der Waals surface area (Å²) in [5.41, 5.74) is -7.00. The van der Waals surface area contributed by atoms with Gasteiger partial charge < -0.3 is 24.8 Å². The van der Waals surface area contributed by atoms with Gasteiger partial charge >= 0.3 is 5.97 Å². The lowest BCUT2D eigenvalue weighted by Crippen LogP contribution is -2.86. The number of carbonyl (C=O) groups is 2. The zero-order valence-electron chi connectivity index (χ0n) is 18.2. The maximum Gasteiger partial charge on any atom is 0.303 e. The van der Waals surface area contributed by atoms with Crippen molar-refractivity contribution in [2.75, 3.05) is 0 Å². The van der Waals surface area contributed by atoms with Crippen LogP contribution in [0.5, 0.6) is 0 Å². The number of fused-ring (bicyclic) bond motifs is 3. The van der Waals surface area contributed by atoms with Gasteiger partial charge in [-0.25, -0.2) is 0 Å². The van der Waals surface area contributed by atoms with Gasteiger partial charge in [-0.1, -0.05) is 26.8 Å². The third-order valence-corrected chi connectivity index (χ3v) is 8.02. The molecule has 164 valence electrons. The van der Waals surface area contributed by atoms with Gasteiger partial charge in [0.25, 0.3) is 0 Å². The number of hydrogen-bond acceptors (Lipinski definition) is 7. The molecule has 3 N–H and O–H groups in total. The fraction of sp³-hybridized carbons (Fsp3) is 0.818. The molecule has 2 saturated carbocycles. The number of rotatable bonds is 2. The average Bonchev–Trinajstić information content (AvgIpc) is 2.59. The van der Waals surface area contributed by atoms with Gasteiger partial charge in [-0.3, -0.25) is 9.59 Å². The highest BCUT2D eigenvalue weighted by atomic mass is 16.6. The summed E-state index contributed by atoms with van der Waals surface area (Å²) in [6, 6.07) is 0. The standard InChI is InChI=1S/C22H34O7/c1-8-19(5)11-14(25)22(27)20(6)13(24)9-10-18(3,4)16(20)15(26)17(28-12(2)23)21(22,7)29-19/h8,13,15-17,24,26-27H,1,9-11H2,2-7H3/t13-,15-,16?,17-,19-,20-,21+,22-/m0/s1/i12-1. The Kier molecular flexibility index (Phi) is 4.91. The first-order valence-electron chi connectivity index (χ1n) is 10.2. The fourth-order valence-electron chi connectivity index (χ4n) is 6.66. The molecule has 1 saturated heterocycles. The van der Waals surface area contributed by atoms with E-state index in [4.69, 9.17) is 9.47 Å². The minimum Gasteiger partial charge on any atom is -0.457 e. The normalized spacial score (nSPS) is 51.6. The van der Waals surface area contributed by atoms with E-state index in [1.165, 1.54) is 19.9 Å². The predicted molar refractivity (Wildman–Crippen MR) is 105 cm³/mol. The monoisotopic (exact) mass is 409 g/mol. The van der Waals surface area contributed by atoms with Gasteiger partial charge in [-0.05, 0) is 32.1 Å². The number of aliphatic hydroxyl groups excluding tert-OH is 2. The van der Waals surface area contributed by atoms with Crippen LogP contribution in [0, 0.1) is 16.7 Å². The molecule has 8 atom stereocenters. The van der Waals surface area contributed by atoms with Crippen LogP contribution in [0.1, 0.15) is 60.8 Å². The van der Waals surface area contributed by atoms with Crippen LogP contribution >= 0.6 is 0 Å². The van der Waals surface area contributed by atoms with Gasteiger partial charge in [0.1, 0.15) is 5.60 Å². The molecule has 1 heterocycles. The van der Waals surface area contributed by atoms with Crippen LogP contribution in [0.2, 0.25) is 0 Å². The lowest BCUT2D eigenvalue weighted by atomic mass is 9.39. The molecule has 7 nitrogen and oxygen atoms in total. The molecule has 0 amide bonds. The summed E-state index contributed by atoms with van der Waals surface area (Å²) in [5.74, 6) is -1.87. The lowest BCUT2D eigenvalue weighted by Gasteiger charge is -2.71. The topological polar surface area (TPSA) is 113 Å². The van der Waals surface area contributed by atoms with Gasteiger partial charge in [-0.15, -0.1) is 6.58 Å². The average molecular weight is 410 g/mol. The summed E-state index contributed by atoms with van der Waals surface area (Å²) in [7, 11) is 0. The molecule has 0 aromatic rings. The molecule has 3 rings (SSSR count). The first-order chi connectivity index (χ1) is 13.1. The molecule has 29 heavy (non-hydrogen) atoms. The van der Waals surface area contributed by atoms with Crippen molar-refractivity contribution in [3.05, 3.63) is 12.7 Å². The molecule has 3 fully saturated rings. The van der Waals surface area contributed by atoms with Gasteiger partial charge in [0.2, 0.25) is 0 Å². The van der Waals surface area contributed by atoms with E-state index in [0.29, 0.717) is 12.8 Å². The molecule has 7 heteroatoms. The van der Waals surface area contributed by atoms with Crippen LogP contribution < -0.4 is 0 Å². The highest BCUT2D eigenvalue weighted by molar-refractivity contribution is 5.92. The van der Waals surface area contributed by atoms with Crippen molar-refractivity contribution in [3.63, 3.8) is 0 Å². The van der Waals surface area contributed by atoms with Gasteiger partial charge in [0, 0.05) is 24.7 Å². The van der Waals surface area contributed by atoms with E-state index in [-0.39, 0.29) is 6.42 Å². The van der Waals surface area contributed by atoms with Crippen LogP contribution in [0.15, 0.2) is 12.7 Å². The number of Topliss-reactive ketones (excluding diaryl/α,β-unsaturated/α-hetero) is 1. The summed E-state index contributed by atoms with van der Waals surface area (Å²) >= 11 is 0. The maximum absolute atomic E-state index is 13.6. The smallest absolute Gasteiger partial charge is 0.303 e. The van der Waals surface area contributed by atoms with Crippen molar-refractivity contribution in [2.24, 2.45) is 16.7 Å². The fourth-order valence-corrected chi connectivity index (χ4v) is 6.66. The molecule has 3 aliphatic rings. The Morgan fingerprint density at radius 2 is 1.83 bits per heavy atom. The van der Waals surface area contributed by atoms with Crippen molar-refractivity contribution in [1.82, 2.24) is 0 Å². The lowest BCUT2D eigenvalue weighted by molar-refractivity contribution is -0.370. The van der Waals surface area contributed by atoms with Crippen LogP contribution in [0.3, 0.4) is 0 Å². The van der Waals surface area contributed by atoms with Crippen LogP contribution in [0.25, 0.3) is 0 Å². The number of ether oxygens (including phenoxy) is 2. The van der Waals surface area contributed by atoms with Gasteiger partial charge in [0.15, 0.2) is 17.5 Å². The zero-order chi connectivity index (χ0) is 22.2. The number of carbonyl (C=O) groups excluding carboxylic acids is 2. The number of ketones is 1. The highest BCUT2D eigenvalue weighted by Crippen LogP contribution is 2.66. The Morgan fingerprint density at radius 3 is 2.34 bits per heavy atom. The molecule has 0 spiro atoms. The van der Waals surface area contributed by atoms with E-state index in [1.54, 1.807) is 13.8 Å². The summed E-state index contributed by atoms with van der Waals surface area (Å²) in [5, 5.41) is 34.7. The Bertz CT molecular complexity index is 747. The molecule has 1 unspecified atom stereocenters. The molecular weight excluding hydrogens is 375 g/mol. The molecule has 0 aromatic heterocycles. The molecule has 0 radical (unpaired) electrons. The quantitative estimate of drug-likeness (QED) is 0.468. The highest BCUT2D eigenvalue weighted by Gasteiger charge is 2.81. The van der Waals surface area contributed by atoms with Crippen molar-refractivity contribution in [3.8, 4) is 0 Å². The molecule has 0 bridgehead atoms. The number of esters is 1. The van der Waals surface area contributed by atoms with Crippen molar-refractivity contribution >= 4 is 11.8 Å². The number of aliphatic hydroxyl groups is 3. The van der Waals surface area contributed by atoms with Crippen molar-refractivity contribution < 1.29 is 34.4 Å². The molecule has 1 aliphatic heterocycles. The SMILES string of the molecule is C=C[C@@]1(C)CC(=O)[C@@]2(O)[C@](C)(O1)[C@@H](O[11C](C)=O)[C@@H](O)C1C(C)(C)CC[C@H](O)[C@@]12C. The second kappa shape index (κ2) is 6.36. The van der Waals surface area contributed by atoms with Crippen LogP contribution in [0.4, 0.5) is 0 Å². The second-order valence-electron chi connectivity index (χ2n) is 10.4. The summed E-state index contributed by atoms with van der Waals surface area (Å²) in [6.45, 7) is 13.6. The van der Waals surface area contributed by atoms with Crippen molar-refractivity contribution in [2.45, 2.75) is 95.9 Å². The first-order valence-corrected chi connectivity index (χ1v) is 10.2. The predicted octanol–water partition coefficient (Wildman–Crippen LogP) is 1.52. The summed E-state index contributed by atoms with van der Waals surface area (Å²) in [6.07, 6.45) is -1.29. The second-order valence-corrected chi connectivity index (χ2v) is 10.4. The largest absolute Gasteiger partial charge is 0.457 e. The Morgan fingerprint density at radius 1 is 1.24 bits per heavy atom. The summed E-state index contributed by atoms with van der Waals surface area (Å²) < 4.78 is 11.8. The van der Waals surface area contributed by atoms with Crippen LogP contribution in [-0.4, -0.2) is 62.2 Å². The Hall–Kier alpha value is -1.28. The molecular formula is C22H34O7. The van der Waals surface area contributed by atoms with E-state index < -0.39 is 63.6 Å². The third kappa shape index (κ3) is 2.63. The van der Waals surface area contributed by atoms with E-state index in [1.807, 2.05) is 13.8 Å². The van der Waals surface area contributed by atoms with E-state index in [2.05, 4.69) is 6.58 Å². The van der Waals surface area contributed by atoms with E-state index in [9.17, 15) is 24.9 Å². The summed E-state index contributed by atoms with van der Waals surface area (Å²) in [4.78, 5) is 25.5. The molecule has 0 aromatic carbocycles. The Labute approximate surface area is 172 Å². The zero-order valence-corrected chi connectivity index (χ0v) is 18.2. The maximum atomic E-state index is 13.6. The minimum absolute atomic E-state index is 0.138. The van der Waals surface area contributed by atoms with Gasteiger partial charge in [-0.2, -0.15) is 0 Å². The Balaban J connectivity index is 2.33. The first kappa shape index (κ1) is 22.4. The van der Waals surface area contributed by atoms with Gasteiger partial charge in [0.05, 0.1) is 17.8 Å². The number of hydrogen-bond donors (Lipinski definition) is 3. The minimum atomic E-state index is -2.18. The van der Waals surface area contributed by atoms with E-state index in [0.717, 1.165) is 0 Å². The molecule has 2 aliphatic carbocycles. The third-order valence-electron chi connectivity index (χ3n) is 8.02.